The zero-order valence-corrected chi connectivity index (χ0v) is 14.9. The molecule has 2 rings (SSSR count). The Bertz CT molecular complexity index is 530. The van der Waals surface area contributed by atoms with Crippen LogP contribution in [-0.2, 0) is 0 Å². The minimum Gasteiger partial charge on any atom is -0.493 e. The third-order valence-electron chi connectivity index (χ3n) is 4.07. The van der Waals surface area contributed by atoms with E-state index in [2.05, 4.69) is 61.9 Å². The van der Waals surface area contributed by atoms with Crippen molar-refractivity contribution >= 4 is 11.3 Å². The molecule has 0 amide bonds. The third kappa shape index (κ3) is 5.49. The van der Waals surface area contributed by atoms with Crippen LogP contribution in [0.25, 0.3) is 11.1 Å². The summed E-state index contributed by atoms with van der Waals surface area (Å²) >= 11 is 1.73. The molecule has 0 saturated carbocycles. The molecule has 0 bridgehead atoms. The maximum atomic E-state index is 6.06. The molecule has 0 N–H and O–H groups in total. The van der Waals surface area contributed by atoms with Gasteiger partial charge in [-0.3, -0.25) is 0 Å². The molecule has 0 aliphatic heterocycles. The molecule has 0 spiro atoms. The fourth-order valence-electron chi connectivity index (χ4n) is 2.64. The first-order valence-corrected chi connectivity index (χ1v) is 9.35. The van der Waals surface area contributed by atoms with E-state index in [4.69, 9.17) is 4.74 Å². The maximum absolute atomic E-state index is 6.06. The summed E-state index contributed by atoms with van der Waals surface area (Å²) in [5.74, 6) is 2.57. The molecule has 120 valence electrons. The number of hydrogen-bond donors (Lipinski definition) is 0. The highest BCUT2D eigenvalue weighted by atomic mass is 32.1. The van der Waals surface area contributed by atoms with E-state index in [1.807, 2.05) is 0 Å². The van der Waals surface area contributed by atoms with Crippen LogP contribution in [0.1, 0.15) is 46.5 Å². The number of benzene rings is 1. The first-order valence-electron chi connectivity index (χ1n) is 8.41. The third-order valence-corrected chi connectivity index (χ3v) is 4.75. The molecule has 22 heavy (non-hydrogen) atoms. The summed E-state index contributed by atoms with van der Waals surface area (Å²) in [7, 11) is 0. The lowest BCUT2D eigenvalue weighted by Crippen LogP contribution is -2.05. The Morgan fingerprint density at radius 2 is 1.82 bits per heavy atom. The van der Waals surface area contributed by atoms with E-state index >= 15 is 0 Å². The van der Waals surface area contributed by atoms with Gasteiger partial charge in [0.25, 0.3) is 0 Å². The predicted octanol–water partition coefficient (Wildman–Crippen LogP) is 6.65. The Hall–Kier alpha value is -1.28. The molecule has 0 radical (unpaired) electrons. The van der Waals surface area contributed by atoms with Gasteiger partial charge in [-0.15, -0.1) is 0 Å². The summed E-state index contributed by atoms with van der Waals surface area (Å²) in [6, 6.07) is 10.5. The molecule has 2 aromatic rings. The van der Waals surface area contributed by atoms with Crippen molar-refractivity contribution in [1.82, 2.24) is 0 Å². The van der Waals surface area contributed by atoms with Gasteiger partial charge in [-0.25, -0.2) is 0 Å². The maximum Gasteiger partial charge on any atom is 0.127 e. The minimum atomic E-state index is 0.743. The van der Waals surface area contributed by atoms with Crippen LogP contribution >= 0.6 is 11.3 Å². The fourth-order valence-corrected chi connectivity index (χ4v) is 3.29. The SMILES string of the molecule is CC(C)CCCC(C)CCOc1ccccc1-c1ccsc1. The van der Waals surface area contributed by atoms with Crippen molar-refractivity contribution in [3.8, 4) is 16.9 Å². The van der Waals surface area contributed by atoms with Gasteiger partial charge < -0.3 is 4.74 Å². The molecule has 1 unspecified atom stereocenters. The van der Waals surface area contributed by atoms with Crippen molar-refractivity contribution in [2.45, 2.75) is 46.5 Å². The summed E-state index contributed by atoms with van der Waals surface area (Å²) in [6.07, 6.45) is 5.13. The van der Waals surface area contributed by atoms with Crippen molar-refractivity contribution < 1.29 is 4.74 Å². The van der Waals surface area contributed by atoms with Crippen LogP contribution in [0.4, 0.5) is 0 Å². The first-order chi connectivity index (χ1) is 10.7. The molecule has 1 aromatic carbocycles. The van der Waals surface area contributed by atoms with Crippen molar-refractivity contribution in [3.05, 3.63) is 41.1 Å². The van der Waals surface area contributed by atoms with Crippen molar-refractivity contribution in [2.75, 3.05) is 6.61 Å². The van der Waals surface area contributed by atoms with Crippen LogP contribution in [0.5, 0.6) is 5.75 Å². The zero-order chi connectivity index (χ0) is 15.8. The smallest absolute Gasteiger partial charge is 0.127 e. The molecule has 0 aliphatic rings. The van der Waals surface area contributed by atoms with Crippen molar-refractivity contribution in [1.29, 1.82) is 0 Å². The normalized spacial score (nSPS) is 12.5. The van der Waals surface area contributed by atoms with Crippen molar-refractivity contribution in [3.63, 3.8) is 0 Å². The minimum absolute atomic E-state index is 0.743. The number of hydrogen-bond acceptors (Lipinski definition) is 2. The van der Waals surface area contributed by atoms with Gasteiger partial charge in [-0.05, 0) is 46.7 Å². The van der Waals surface area contributed by atoms with E-state index in [0.717, 1.165) is 30.6 Å². The van der Waals surface area contributed by atoms with Crippen LogP contribution < -0.4 is 4.74 Å². The van der Waals surface area contributed by atoms with Gasteiger partial charge in [-0.1, -0.05) is 58.2 Å². The van der Waals surface area contributed by atoms with Crippen LogP contribution in [0.15, 0.2) is 41.1 Å². The van der Waals surface area contributed by atoms with E-state index in [9.17, 15) is 0 Å². The number of rotatable bonds is 9. The Labute approximate surface area is 139 Å². The Kier molecular flexibility index (Phi) is 6.98. The first kappa shape index (κ1) is 17.1. The predicted molar refractivity (Wildman–Crippen MR) is 97.7 cm³/mol. The summed E-state index contributed by atoms with van der Waals surface area (Å²) in [5, 5.41) is 4.29. The Morgan fingerprint density at radius 1 is 1.00 bits per heavy atom. The quantitative estimate of drug-likeness (QED) is 0.503. The van der Waals surface area contributed by atoms with E-state index in [0.29, 0.717) is 0 Å². The lowest BCUT2D eigenvalue weighted by molar-refractivity contribution is 0.276. The number of ether oxygens (including phenoxy) is 1. The van der Waals surface area contributed by atoms with Gasteiger partial charge >= 0.3 is 0 Å². The van der Waals surface area contributed by atoms with Crippen LogP contribution in [0, 0.1) is 11.8 Å². The molecule has 1 atom stereocenters. The molecule has 0 fully saturated rings. The molecule has 2 heteroatoms. The monoisotopic (exact) mass is 316 g/mol. The lowest BCUT2D eigenvalue weighted by Gasteiger charge is -2.14. The topological polar surface area (TPSA) is 9.23 Å². The standard InChI is InChI=1S/C20H28OS/c1-16(2)7-6-8-17(3)11-13-21-20-10-5-4-9-19(20)18-12-14-22-15-18/h4-5,9-10,12,14-17H,6-8,11,13H2,1-3H3. The lowest BCUT2D eigenvalue weighted by atomic mass is 9.98. The molecular formula is C20H28OS. The molecule has 0 aliphatic carbocycles. The molecule has 1 nitrogen and oxygen atoms in total. The summed E-state index contributed by atoms with van der Waals surface area (Å²) in [6.45, 7) is 7.75. The van der Waals surface area contributed by atoms with Gasteiger partial charge in [0.15, 0.2) is 0 Å². The van der Waals surface area contributed by atoms with E-state index < -0.39 is 0 Å². The second kappa shape index (κ2) is 8.99. The van der Waals surface area contributed by atoms with E-state index in [1.165, 1.54) is 30.4 Å². The highest BCUT2D eigenvalue weighted by Gasteiger charge is 2.08. The molecule has 0 saturated heterocycles. The van der Waals surface area contributed by atoms with Crippen LogP contribution in [0.2, 0.25) is 0 Å². The summed E-state index contributed by atoms with van der Waals surface area (Å²) in [5.41, 5.74) is 2.46. The largest absolute Gasteiger partial charge is 0.493 e. The number of para-hydroxylation sites is 1. The second-order valence-electron chi connectivity index (χ2n) is 6.58. The van der Waals surface area contributed by atoms with E-state index in [-0.39, 0.29) is 0 Å². The average molecular weight is 317 g/mol. The fraction of sp³-hybridized carbons (Fsp3) is 0.500. The molecular weight excluding hydrogens is 288 g/mol. The average Bonchev–Trinajstić information content (AvgIpc) is 3.01. The van der Waals surface area contributed by atoms with Crippen molar-refractivity contribution in [2.24, 2.45) is 11.8 Å². The van der Waals surface area contributed by atoms with Crippen LogP contribution in [-0.4, -0.2) is 6.61 Å². The van der Waals surface area contributed by atoms with Gasteiger partial charge in [0.05, 0.1) is 6.61 Å². The molecule has 1 heterocycles. The Balaban J connectivity index is 1.80. The highest BCUT2D eigenvalue weighted by Crippen LogP contribution is 2.31. The summed E-state index contributed by atoms with van der Waals surface area (Å²) < 4.78 is 6.06. The van der Waals surface area contributed by atoms with E-state index in [1.54, 1.807) is 11.3 Å². The van der Waals surface area contributed by atoms with Gasteiger partial charge in [0.2, 0.25) is 0 Å². The number of thiophene rings is 1. The zero-order valence-electron chi connectivity index (χ0n) is 14.0. The molecule has 1 aromatic heterocycles. The Morgan fingerprint density at radius 3 is 2.55 bits per heavy atom. The van der Waals surface area contributed by atoms with Crippen LogP contribution in [0.3, 0.4) is 0 Å². The van der Waals surface area contributed by atoms with Gasteiger partial charge in [-0.2, -0.15) is 11.3 Å². The van der Waals surface area contributed by atoms with Gasteiger partial charge in [0, 0.05) is 5.56 Å². The highest BCUT2D eigenvalue weighted by molar-refractivity contribution is 7.08. The summed E-state index contributed by atoms with van der Waals surface area (Å²) in [4.78, 5) is 0. The van der Waals surface area contributed by atoms with Gasteiger partial charge in [0.1, 0.15) is 5.75 Å². The second-order valence-corrected chi connectivity index (χ2v) is 7.36.